The fourth-order valence-electron chi connectivity index (χ4n) is 1.51. The summed E-state index contributed by atoms with van der Waals surface area (Å²) in [7, 11) is 0. The van der Waals surface area contributed by atoms with Gasteiger partial charge < -0.3 is 0 Å². The third kappa shape index (κ3) is 2.72. The van der Waals surface area contributed by atoms with Crippen LogP contribution in [0.15, 0.2) is 30.7 Å². The Hall–Kier alpha value is -1.22. The van der Waals surface area contributed by atoms with Crippen LogP contribution < -0.4 is 4.35 Å². The number of aromatic nitrogens is 2. The van der Waals surface area contributed by atoms with Gasteiger partial charge in [-0.05, 0) is 0 Å². The molecule has 90 valence electrons. The van der Waals surface area contributed by atoms with Gasteiger partial charge in [-0.2, -0.15) is 0 Å². The number of alkyl halides is 3. The van der Waals surface area contributed by atoms with Crippen LogP contribution in [-0.4, -0.2) is 26.4 Å². The molecule has 6 heteroatoms. The summed E-state index contributed by atoms with van der Waals surface area (Å²) in [6.45, 7) is 1.79. The summed E-state index contributed by atoms with van der Waals surface area (Å²) in [6.07, 6.45) is -1.11. The molecule has 0 amide bonds. The Bertz CT molecular complexity index is 546. The molecule has 1 aromatic heterocycles. The summed E-state index contributed by atoms with van der Waals surface area (Å²) in [5.41, 5.74) is 0.631. The van der Waals surface area contributed by atoms with Crippen LogP contribution in [0.25, 0.3) is 5.69 Å². The molecule has 0 aliphatic heterocycles. The van der Waals surface area contributed by atoms with Crippen molar-refractivity contribution in [1.82, 2.24) is 9.55 Å². The summed E-state index contributed by atoms with van der Waals surface area (Å²) in [5, 5.41) is 0. The molecule has 0 saturated carbocycles. The van der Waals surface area contributed by atoms with Gasteiger partial charge in [-0.1, -0.05) is 0 Å². The van der Waals surface area contributed by atoms with Crippen molar-refractivity contribution in [2.24, 2.45) is 0 Å². The fourth-order valence-corrected chi connectivity index (χ4v) is 2.24. The topological polar surface area (TPSA) is 17.8 Å². The monoisotopic (exact) mass is 302 g/mol. The number of rotatable bonds is 1. The van der Waals surface area contributed by atoms with E-state index in [1.54, 1.807) is 23.8 Å². The zero-order valence-corrected chi connectivity index (χ0v) is 11.4. The van der Waals surface area contributed by atoms with Crippen molar-refractivity contribution >= 4 is 21.2 Å². The molecular weight excluding hydrogens is 292 g/mol. The molecule has 1 heterocycles. The van der Waals surface area contributed by atoms with Gasteiger partial charge in [0.2, 0.25) is 0 Å². The Morgan fingerprint density at radius 3 is 2.47 bits per heavy atom. The van der Waals surface area contributed by atoms with Gasteiger partial charge in [0.1, 0.15) is 0 Å². The van der Waals surface area contributed by atoms with Gasteiger partial charge in [-0.25, -0.2) is 0 Å². The van der Waals surface area contributed by atoms with E-state index in [0.717, 1.165) is 34.7 Å². The fraction of sp³-hybridized carbons (Fsp3) is 0.182. The van der Waals surface area contributed by atoms with Crippen molar-refractivity contribution in [2.75, 3.05) is 0 Å². The first-order valence-electron chi connectivity index (χ1n) is 4.85. The van der Waals surface area contributed by atoms with E-state index in [0.29, 0.717) is 10.0 Å². The second-order valence-electron chi connectivity index (χ2n) is 3.73. The van der Waals surface area contributed by atoms with Crippen molar-refractivity contribution in [3.8, 4) is 5.69 Å². The Labute approximate surface area is 105 Å². The van der Waals surface area contributed by atoms with E-state index in [1.165, 1.54) is 6.33 Å². The number of nitrogens with zero attached hydrogens (tertiary/aromatic N) is 2. The van der Waals surface area contributed by atoms with Crippen LogP contribution in [0.5, 0.6) is 0 Å². The molecule has 0 aliphatic carbocycles. The zero-order valence-electron chi connectivity index (χ0n) is 8.99. The quantitative estimate of drug-likeness (QED) is 0.729. The van der Waals surface area contributed by atoms with Crippen LogP contribution in [-0.2, 0) is 6.18 Å². The van der Waals surface area contributed by atoms with Gasteiger partial charge >= 0.3 is 105 Å². The Balaban J connectivity index is 2.52. The second kappa shape index (κ2) is 4.22. The summed E-state index contributed by atoms with van der Waals surface area (Å²) in [4.78, 5) is 4.00. The van der Waals surface area contributed by atoms with E-state index in [-0.39, 0.29) is 0 Å². The van der Waals surface area contributed by atoms with Crippen molar-refractivity contribution in [3.63, 3.8) is 0 Å². The number of aryl methyl sites for hydroxylation is 1. The van der Waals surface area contributed by atoms with E-state index in [9.17, 15) is 13.2 Å². The molecule has 0 fully saturated rings. The molecule has 0 bridgehead atoms. The molecule has 0 saturated heterocycles. The van der Waals surface area contributed by atoms with Crippen molar-refractivity contribution < 1.29 is 13.2 Å². The summed E-state index contributed by atoms with van der Waals surface area (Å²) in [6, 6.07) is 4.01. The van der Waals surface area contributed by atoms with Gasteiger partial charge in [0, 0.05) is 0 Å². The van der Waals surface area contributed by atoms with Gasteiger partial charge in [-0.3, -0.25) is 0 Å². The number of hydrogen-bond donors (Lipinski definition) is 0. The Morgan fingerprint density at radius 1 is 1.24 bits per heavy atom. The average molecular weight is 302 g/mol. The molecule has 17 heavy (non-hydrogen) atoms. The minimum absolute atomic E-state index is 0.486. The van der Waals surface area contributed by atoms with E-state index in [1.807, 2.05) is 0 Å². The van der Waals surface area contributed by atoms with Crippen LogP contribution in [0, 0.1) is 6.92 Å². The Morgan fingerprint density at radius 2 is 1.94 bits per heavy atom. The maximum atomic E-state index is 12.7. The molecule has 1 atom stereocenters. The normalized spacial score (nSPS) is 11.8. The van der Waals surface area contributed by atoms with Crippen LogP contribution in [0.1, 0.15) is 11.3 Å². The molecule has 2 rings (SSSR count). The van der Waals surface area contributed by atoms with E-state index in [2.05, 4.69) is 4.98 Å². The minimum atomic E-state index is -4.31. The van der Waals surface area contributed by atoms with Crippen molar-refractivity contribution in [1.29, 1.82) is 0 Å². The zero-order chi connectivity index (χ0) is 12.6. The molecule has 0 N–H and O–H groups in total. The van der Waals surface area contributed by atoms with Gasteiger partial charge in [-0.15, -0.1) is 0 Å². The second-order valence-corrected chi connectivity index (χ2v) is 5.13. The van der Waals surface area contributed by atoms with Gasteiger partial charge in [0.25, 0.3) is 0 Å². The van der Waals surface area contributed by atoms with Crippen molar-refractivity contribution in [2.45, 2.75) is 13.1 Å². The molecular formula is C11H10AsF3N2. The molecule has 2 nitrogen and oxygen atoms in total. The SMILES string of the molecule is Cc1cn(-c2cc([AsH2])cc(C(F)(F)F)c2)cn1. The van der Waals surface area contributed by atoms with Crippen molar-refractivity contribution in [3.05, 3.63) is 42.0 Å². The number of hydrogen-bond acceptors (Lipinski definition) is 1. The van der Waals surface area contributed by atoms with Gasteiger partial charge in [0.05, 0.1) is 0 Å². The standard InChI is InChI=1S/C11H10AsF3N2/c1-7-5-17(6-16-7)10-3-8(11(13,14)15)2-9(12)4-10/h2-6H,12H2,1H3. The van der Waals surface area contributed by atoms with E-state index >= 15 is 0 Å². The summed E-state index contributed by atoms with van der Waals surface area (Å²) < 4.78 is 40.2. The first kappa shape index (κ1) is 12.2. The predicted molar refractivity (Wildman–Crippen MR) is 61.5 cm³/mol. The van der Waals surface area contributed by atoms with E-state index in [4.69, 9.17) is 0 Å². The van der Waals surface area contributed by atoms with Crippen LogP contribution in [0.4, 0.5) is 13.2 Å². The summed E-state index contributed by atoms with van der Waals surface area (Å²) in [5.74, 6) is 0. The Kier molecular flexibility index (Phi) is 3.04. The third-order valence-corrected chi connectivity index (χ3v) is 2.98. The number of imidazole rings is 1. The molecule has 2 aromatic rings. The number of benzene rings is 1. The first-order valence-corrected chi connectivity index (χ1v) is 6.06. The first-order chi connectivity index (χ1) is 7.86. The van der Waals surface area contributed by atoms with Gasteiger partial charge in [0.15, 0.2) is 0 Å². The van der Waals surface area contributed by atoms with Crippen LogP contribution >= 0.6 is 0 Å². The molecule has 1 unspecified atom stereocenters. The number of halogens is 3. The average Bonchev–Trinajstić information content (AvgIpc) is 2.62. The molecule has 1 aromatic carbocycles. The third-order valence-electron chi connectivity index (χ3n) is 2.28. The summed E-state index contributed by atoms with van der Waals surface area (Å²) >= 11 is 1.16. The van der Waals surface area contributed by atoms with Crippen LogP contribution in [0.3, 0.4) is 0 Å². The maximum absolute atomic E-state index is 12.7. The molecule has 0 radical (unpaired) electrons. The van der Waals surface area contributed by atoms with E-state index < -0.39 is 11.7 Å². The van der Waals surface area contributed by atoms with Crippen LogP contribution in [0.2, 0.25) is 0 Å². The molecule has 0 aliphatic rings. The molecule has 0 spiro atoms. The predicted octanol–water partition coefficient (Wildman–Crippen LogP) is 1.46.